The predicted molar refractivity (Wildman–Crippen MR) is 59.9 cm³/mol. The summed E-state index contributed by atoms with van der Waals surface area (Å²) in [6, 6.07) is 8.16. The molecule has 0 saturated heterocycles. The Morgan fingerprint density at radius 2 is 2.00 bits per heavy atom. The predicted octanol–water partition coefficient (Wildman–Crippen LogP) is 3.02. The number of rotatable bonds is 4. The first-order valence-electron chi connectivity index (χ1n) is 5.72. The number of benzene rings is 1. The van der Waals surface area contributed by atoms with Gasteiger partial charge in [-0.05, 0) is 18.9 Å². The molecule has 3 nitrogen and oxygen atoms in total. The molecular formula is C13H13F2NO2. The van der Waals surface area contributed by atoms with E-state index >= 15 is 0 Å². The third-order valence-electron chi connectivity index (χ3n) is 3.42. The highest BCUT2D eigenvalue weighted by Gasteiger charge is 2.45. The van der Waals surface area contributed by atoms with Crippen molar-refractivity contribution in [1.29, 1.82) is 5.26 Å². The molecular weight excluding hydrogens is 240 g/mol. The largest absolute Gasteiger partial charge is 0.434 e. The Kier molecular flexibility index (Phi) is 3.48. The molecule has 0 bridgehead atoms. The van der Waals surface area contributed by atoms with Gasteiger partial charge in [-0.15, -0.1) is 0 Å². The first kappa shape index (κ1) is 12.8. The Labute approximate surface area is 104 Å². The van der Waals surface area contributed by atoms with Gasteiger partial charge in [0.2, 0.25) is 0 Å². The summed E-state index contributed by atoms with van der Waals surface area (Å²) in [4.78, 5) is 0. The third kappa shape index (κ3) is 2.16. The van der Waals surface area contributed by atoms with Gasteiger partial charge in [0.05, 0.1) is 11.5 Å². The molecule has 1 N–H and O–H groups in total. The van der Waals surface area contributed by atoms with Crippen molar-refractivity contribution < 1.29 is 18.6 Å². The monoisotopic (exact) mass is 253 g/mol. The Bertz CT molecular complexity index is 466. The van der Waals surface area contributed by atoms with Crippen molar-refractivity contribution in [2.24, 2.45) is 5.41 Å². The maximum absolute atomic E-state index is 12.3. The molecule has 5 heteroatoms. The fourth-order valence-corrected chi connectivity index (χ4v) is 2.21. The van der Waals surface area contributed by atoms with Crippen LogP contribution in [0.1, 0.15) is 30.9 Å². The fraction of sp³-hybridized carbons (Fsp3) is 0.462. The van der Waals surface area contributed by atoms with E-state index in [0.717, 1.165) is 6.42 Å². The minimum atomic E-state index is -2.95. The van der Waals surface area contributed by atoms with Gasteiger partial charge in [-0.1, -0.05) is 24.6 Å². The summed E-state index contributed by atoms with van der Waals surface area (Å²) in [5.41, 5.74) is -0.610. The zero-order chi connectivity index (χ0) is 13.2. The number of nitriles is 1. The molecule has 96 valence electrons. The second-order valence-electron chi connectivity index (χ2n) is 4.44. The second kappa shape index (κ2) is 4.91. The maximum atomic E-state index is 12.3. The van der Waals surface area contributed by atoms with Crippen molar-refractivity contribution in [2.75, 3.05) is 0 Å². The zero-order valence-electron chi connectivity index (χ0n) is 9.64. The highest BCUT2D eigenvalue weighted by Crippen LogP contribution is 2.51. The van der Waals surface area contributed by atoms with E-state index in [-0.39, 0.29) is 11.3 Å². The number of alkyl halides is 2. The van der Waals surface area contributed by atoms with Crippen molar-refractivity contribution in [1.82, 2.24) is 0 Å². The van der Waals surface area contributed by atoms with Gasteiger partial charge >= 0.3 is 6.61 Å². The maximum Gasteiger partial charge on any atom is 0.387 e. The number of hydrogen-bond acceptors (Lipinski definition) is 3. The zero-order valence-corrected chi connectivity index (χ0v) is 9.64. The Morgan fingerprint density at radius 3 is 2.50 bits per heavy atom. The van der Waals surface area contributed by atoms with Gasteiger partial charge in [-0.2, -0.15) is 14.0 Å². The van der Waals surface area contributed by atoms with Crippen molar-refractivity contribution in [2.45, 2.75) is 32.0 Å². The van der Waals surface area contributed by atoms with E-state index in [4.69, 9.17) is 5.26 Å². The van der Waals surface area contributed by atoms with Gasteiger partial charge in [-0.3, -0.25) is 0 Å². The molecule has 1 aliphatic rings. The smallest absolute Gasteiger partial charge is 0.387 e. The molecule has 0 spiro atoms. The van der Waals surface area contributed by atoms with Crippen LogP contribution >= 0.6 is 0 Å². The minimum absolute atomic E-state index is 0.0680. The molecule has 0 aliphatic heterocycles. The number of hydrogen-bond donors (Lipinski definition) is 1. The number of halogens is 2. The van der Waals surface area contributed by atoms with Crippen LogP contribution in [0.15, 0.2) is 24.3 Å². The van der Waals surface area contributed by atoms with Crippen molar-refractivity contribution in [3.05, 3.63) is 29.8 Å². The van der Waals surface area contributed by atoms with Crippen LogP contribution in [0.2, 0.25) is 0 Å². The van der Waals surface area contributed by atoms with Gasteiger partial charge in [0, 0.05) is 5.56 Å². The molecule has 0 heterocycles. The quantitative estimate of drug-likeness (QED) is 0.897. The Hall–Kier alpha value is -1.67. The molecule has 1 unspecified atom stereocenters. The van der Waals surface area contributed by atoms with Crippen molar-refractivity contribution in [3.63, 3.8) is 0 Å². The molecule has 0 radical (unpaired) electrons. The number of aliphatic hydroxyl groups excluding tert-OH is 1. The summed E-state index contributed by atoms with van der Waals surface area (Å²) in [5.74, 6) is -0.0680. The van der Waals surface area contributed by atoms with Gasteiger partial charge in [0.1, 0.15) is 11.9 Å². The van der Waals surface area contributed by atoms with Crippen molar-refractivity contribution in [3.8, 4) is 11.8 Å². The molecule has 1 aromatic rings. The Balaban J connectivity index is 2.30. The lowest BCUT2D eigenvalue weighted by Crippen LogP contribution is -2.34. The topological polar surface area (TPSA) is 53.2 Å². The van der Waals surface area contributed by atoms with E-state index < -0.39 is 18.1 Å². The lowest BCUT2D eigenvalue weighted by molar-refractivity contribution is -0.0548. The highest BCUT2D eigenvalue weighted by molar-refractivity contribution is 5.37. The van der Waals surface area contributed by atoms with Crippen LogP contribution in [0.4, 0.5) is 8.78 Å². The molecule has 2 rings (SSSR count). The molecule has 1 fully saturated rings. The molecule has 0 aromatic heterocycles. The molecule has 0 amide bonds. The second-order valence-corrected chi connectivity index (χ2v) is 4.44. The summed E-state index contributed by atoms with van der Waals surface area (Å²) in [6.45, 7) is -2.95. The van der Waals surface area contributed by atoms with Crippen LogP contribution in [0, 0.1) is 16.7 Å². The molecule has 18 heavy (non-hydrogen) atoms. The molecule has 1 aromatic carbocycles. The Morgan fingerprint density at radius 1 is 1.33 bits per heavy atom. The van der Waals surface area contributed by atoms with Crippen LogP contribution in [-0.4, -0.2) is 11.7 Å². The first-order valence-corrected chi connectivity index (χ1v) is 5.72. The highest BCUT2D eigenvalue weighted by atomic mass is 19.3. The van der Waals surface area contributed by atoms with E-state index in [1.54, 1.807) is 12.1 Å². The van der Waals surface area contributed by atoms with Gasteiger partial charge in [-0.25, -0.2) is 0 Å². The van der Waals surface area contributed by atoms with Crippen LogP contribution in [0.3, 0.4) is 0 Å². The van der Waals surface area contributed by atoms with E-state index in [9.17, 15) is 13.9 Å². The number of nitrogens with zero attached hydrogens (tertiary/aromatic N) is 1. The summed E-state index contributed by atoms with van der Waals surface area (Å²) < 4.78 is 28.9. The van der Waals surface area contributed by atoms with Crippen LogP contribution in [-0.2, 0) is 0 Å². The van der Waals surface area contributed by atoms with E-state index in [2.05, 4.69) is 10.8 Å². The average molecular weight is 253 g/mol. The van der Waals surface area contributed by atoms with Gasteiger partial charge in [0.15, 0.2) is 0 Å². The minimum Gasteiger partial charge on any atom is -0.434 e. The lowest BCUT2D eigenvalue weighted by atomic mass is 9.64. The molecule has 1 atom stereocenters. The van der Waals surface area contributed by atoms with E-state index in [1.807, 2.05) is 0 Å². The van der Waals surface area contributed by atoms with Crippen LogP contribution in [0.5, 0.6) is 5.75 Å². The summed E-state index contributed by atoms with van der Waals surface area (Å²) in [6.07, 6.45) is 0.926. The van der Waals surface area contributed by atoms with E-state index in [1.165, 1.54) is 12.1 Å². The average Bonchev–Trinajstić information content (AvgIpc) is 2.28. The third-order valence-corrected chi connectivity index (χ3v) is 3.42. The first-order chi connectivity index (χ1) is 8.59. The molecule has 1 aliphatic carbocycles. The summed E-state index contributed by atoms with van der Waals surface area (Å²) in [5, 5.41) is 19.4. The summed E-state index contributed by atoms with van der Waals surface area (Å²) in [7, 11) is 0. The number of aliphatic hydroxyl groups is 1. The standard InChI is InChI=1S/C13H13F2NO2/c14-12(15)18-10-5-2-1-4-9(10)11(17)13(8-16)6-3-7-13/h1-2,4-5,11-12,17H,3,6-7H2. The van der Waals surface area contributed by atoms with Crippen LogP contribution < -0.4 is 4.74 Å². The van der Waals surface area contributed by atoms with E-state index in [0.29, 0.717) is 12.8 Å². The number of ether oxygens (including phenoxy) is 1. The fourth-order valence-electron chi connectivity index (χ4n) is 2.21. The SMILES string of the molecule is N#CC1(C(O)c2ccccc2OC(F)F)CCC1. The molecule has 1 saturated carbocycles. The normalized spacial score (nSPS) is 18.8. The lowest BCUT2D eigenvalue weighted by Gasteiger charge is -2.39. The summed E-state index contributed by atoms with van der Waals surface area (Å²) >= 11 is 0. The van der Waals surface area contributed by atoms with Crippen LogP contribution in [0.25, 0.3) is 0 Å². The van der Waals surface area contributed by atoms with Gasteiger partial charge < -0.3 is 9.84 Å². The van der Waals surface area contributed by atoms with Crippen molar-refractivity contribution >= 4 is 0 Å². The number of para-hydroxylation sites is 1. The van der Waals surface area contributed by atoms with Gasteiger partial charge in [0.25, 0.3) is 0 Å².